The topological polar surface area (TPSA) is 12.0 Å². The van der Waals surface area contributed by atoms with E-state index in [1.165, 1.54) is 32.1 Å². The Morgan fingerprint density at radius 2 is 1.67 bits per heavy atom. The van der Waals surface area contributed by atoms with Gasteiger partial charge in [0, 0.05) is 6.42 Å². The Morgan fingerprint density at radius 1 is 1.00 bits per heavy atom. The fourth-order valence-electron chi connectivity index (χ4n) is 1.17. The molecule has 0 aromatic heterocycles. The van der Waals surface area contributed by atoms with Gasteiger partial charge in [-0.1, -0.05) is 19.3 Å². The molecule has 0 saturated heterocycles. The highest BCUT2D eigenvalue weighted by Gasteiger charge is 1.88. The predicted octanol–water partition coefficient (Wildman–Crippen LogP) is 2.57. The van der Waals surface area contributed by atoms with E-state index in [0.717, 1.165) is 13.0 Å². The third-order valence-electron chi connectivity index (χ3n) is 1.91. The van der Waals surface area contributed by atoms with Gasteiger partial charge >= 0.3 is 0 Å². The molecule has 12 heavy (non-hydrogen) atoms. The molecule has 0 aliphatic rings. The average Bonchev–Trinajstić information content (AvgIpc) is 2.10. The second kappa shape index (κ2) is 10.5. The quantitative estimate of drug-likeness (QED) is 0.454. The van der Waals surface area contributed by atoms with E-state index in [9.17, 15) is 0 Å². The van der Waals surface area contributed by atoms with E-state index in [4.69, 9.17) is 0 Å². The zero-order valence-electron chi connectivity index (χ0n) is 8.45. The second-order valence-corrected chi connectivity index (χ2v) is 3.05. The lowest BCUT2D eigenvalue weighted by Gasteiger charge is -1.98. The van der Waals surface area contributed by atoms with E-state index in [1.54, 1.807) is 0 Å². The van der Waals surface area contributed by atoms with E-state index < -0.39 is 0 Å². The molecule has 0 spiro atoms. The van der Waals surface area contributed by atoms with Crippen molar-refractivity contribution in [3.63, 3.8) is 0 Å². The molecule has 0 heterocycles. The zero-order chi connectivity index (χ0) is 9.07. The van der Waals surface area contributed by atoms with Crippen LogP contribution in [0.3, 0.4) is 0 Å². The third-order valence-corrected chi connectivity index (χ3v) is 1.91. The summed E-state index contributed by atoms with van der Waals surface area (Å²) in [7, 11) is 2.01. The Kier molecular flexibility index (Phi) is 10.1. The van der Waals surface area contributed by atoms with Gasteiger partial charge in [-0.2, -0.15) is 0 Å². The van der Waals surface area contributed by atoms with Gasteiger partial charge in [-0.15, -0.1) is 11.8 Å². The number of rotatable bonds is 7. The molecule has 0 radical (unpaired) electrons. The normalized spacial score (nSPS) is 9.17. The van der Waals surface area contributed by atoms with Gasteiger partial charge < -0.3 is 5.32 Å². The van der Waals surface area contributed by atoms with Gasteiger partial charge in [0.25, 0.3) is 0 Å². The molecule has 1 N–H and O–H groups in total. The van der Waals surface area contributed by atoms with Gasteiger partial charge in [-0.3, -0.25) is 0 Å². The van der Waals surface area contributed by atoms with Crippen LogP contribution < -0.4 is 5.32 Å². The average molecular weight is 167 g/mol. The van der Waals surface area contributed by atoms with Gasteiger partial charge in [0.05, 0.1) is 0 Å². The number of hydrogen-bond donors (Lipinski definition) is 1. The van der Waals surface area contributed by atoms with Crippen LogP contribution in [-0.2, 0) is 0 Å². The first-order valence-corrected chi connectivity index (χ1v) is 4.96. The summed E-state index contributed by atoms with van der Waals surface area (Å²) < 4.78 is 0. The minimum absolute atomic E-state index is 1.09. The van der Waals surface area contributed by atoms with Crippen molar-refractivity contribution in [3.05, 3.63) is 0 Å². The lowest BCUT2D eigenvalue weighted by molar-refractivity contribution is 0.602. The molecule has 0 atom stereocenters. The molecular formula is C11H21N. The first kappa shape index (κ1) is 11.5. The van der Waals surface area contributed by atoms with E-state index in [0.29, 0.717) is 0 Å². The van der Waals surface area contributed by atoms with E-state index >= 15 is 0 Å². The number of nitrogens with one attached hydrogen (secondary N) is 1. The Labute approximate surface area is 76.9 Å². The second-order valence-electron chi connectivity index (χ2n) is 3.05. The highest BCUT2D eigenvalue weighted by Crippen LogP contribution is 2.03. The van der Waals surface area contributed by atoms with Crippen molar-refractivity contribution < 1.29 is 0 Å². The number of hydrogen-bond acceptors (Lipinski definition) is 1. The van der Waals surface area contributed by atoms with Crippen molar-refractivity contribution in [2.75, 3.05) is 13.6 Å². The van der Waals surface area contributed by atoms with Crippen LogP contribution in [0.4, 0.5) is 0 Å². The minimum Gasteiger partial charge on any atom is -0.320 e. The lowest BCUT2D eigenvalue weighted by Crippen LogP contribution is -2.06. The molecule has 0 aromatic carbocycles. The summed E-state index contributed by atoms with van der Waals surface area (Å²) in [6.07, 6.45) is 7.75. The highest BCUT2D eigenvalue weighted by atomic mass is 14.8. The van der Waals surface area contributed by atoms with E-state index in [2.05, 4.69) is 17.2 Å². The number of unbranched alkanes of at least 4 members (excludes halogenated alkanes) is 5. The van der Waals surface area contributed by atoms with Gasteiger partial charge in [-0.25, -0.2) is 0 Å². The van der Waals surface area contributed by atoms with E-state index in [-0.39, 0.29) is 0 Å². The van der Waals surface area contributed by atoms with Crippen LogP contribution in [0.5, 0.6) is 0 Å². The summed E-state index contributed by atoms with van der Waals surface area (Å²) in [6.45, 7) is 3.07. The van der Waals surface area contributed by atoms with Crippen molar-refractivity contribution in [1.82, 2.24) is 5.32 Å². The first-order chi connectivity index (χ1) is 5.91. The summed E-state index contributed by atoms with van der Waals surface area (Å²) in [5.41, 5.74) is 0. The van der Waals surface area contributed by atoms with Crippen LogP contribution in [0.25, 0.3) is 0 Å². The van der Waals surface area contributed by atoms with Crippen LogP contribution in [0.15, 0.2) is 0 Å². The van der Waals surface area contributed by atoms with E-state index in [1.807, 2.05) is 14.0 Å². The standard InChI is InChI=1S/C11H21N/c1-3-4-5-6-7-8-9-10-11-12-2/h12H,5-11H2,1-2H3. The van der Waals surface area contributed by atoms with Crippen molar-refractivity contribution >= 4 is 0 Å². The van der Waals surface area contributed by atoms with Gasteiger partial charge in [0.1, 0.15) is 0 Å². The molecule has 0 saturated carbocycles. The maximum Gasteiger partial charge on any atom is 0.00885 e. The molecule has 0 rings (SSSR count). The molecule has 0 aliphatic heterocycles. The third kappa shape index (κ3) is 9.52. The zero-order valence-corrected chi connectivity index (χ0v) is 8.45. The summed E-state index contributed by atoms with van der Waals surface area (Å²) >= 11 is 0. The summed E-state index contributed by atoms with van der Waals surface area (Å²) in [5, 5.41) is 3.16. The Morgan fingerprint density at radius 3 is 2.33 bits per heavy atom. The molecule has 0 aliphatic carbocycles. The molecule has 70 valence electrons. The molecule has 0 aromatic rings. The SMILES string of the molecule is CC#CCCCCCCCNC. The smallest absolute Gasteiger partial charge is 0.00885 e. The van der Waals surface area contributed by atoms with Crippen molar-refractivity contribution in [3.8, 4) is 11.8 Å². The maximum absolute atomic E-state index is 3.16. The summed E-state index contributed by atoms with van der Waals surface area (Å²) in [4.78, 5) is 0. The molecule has 1 heteroatoms. The molecular weight excluding hydrogens is 146 g/mol. The van der Waals surface area contributed by atoms with Crippen LogP contribution in [-0.4, -0.2) is 13.6 Å². The molecule has 0 amide bonds. The van der Waals surface area contributed by atoms with Crippen LogP contribution in [0.2, 0.25) is 0 Å². The largest absolute Gasteiger partial charge is 0.320 e. The van der Waals surface area contributed by atoms with Crippen LogP contribution in [0, 0.1) is 11.8 Å². The van der Waals surface area contributed by atoms with Gasteiger partial charge in [-0.05, 0) is 33.4 Å². The Balaban J connectivity index is 2.84. The Hall–Kier alpha value is -0.480. The Bertz CT molecular complexity index is 130. The minimum atomic E-state index is 1.09. The summed E-state index contributed by atoms with van der Waals surface area (Å²) in [6, 6.07) is 0. The maximum atomic E-state index is 3.16. The van der Waals surface area contributed by atoms with Gasteiger partial charge in [0.2, 0.25) is 0 Å². The summed E-state index contributed by atoms with van der Waals surface area (Å²) in [5.74, 6) is 6.01. The van der Waals surface area contributed by atoms with Crippen LogP contribution in [0.1, 0.15) is 45.4 Å². The van der Waals surface area contributed by atoms with Crippen molar-refractivity contribution in [2.24, 2.45) is 0 Å². The molecule has 0 unspecified atom stereocenters. The van der Waals surface area contributed by atoms with Gasteiger partial charge in [0.15, 0.2) is 0 Å². The fraction of sp³-hybridized carbons (Fsp3) is 0.818. The first-order valence-electron chi connectivity index (χ1n) is 4.96. The van der Waals surface area contributed by atoms with Crippen molar-refractivity contribution in [2.45, 2.75) is 45.4 Å². The van der Waals surface area contributed by atoms with Crippen molar-refractivity contribution in [1.29, 1.82) is 0 Å². The molecule has 0 bridgehead atoms. The fourth-order valence-corrected chi connectivity index (χ4v) is 1.17. The highest BCUT2D eigenvalue weighted by molar-refractivity contribution is 4.94. The molecule has 1 nitrogen and oxygen atoms in total. The predicted molar refractivity (Wildman–Crippen MR) is 55.1 cm³/mol. The lowest BCUT2D eigenvalue weighted by atomic mass is 10.1. The monoisotopic (exact) mass is 167 g/mol. The van der Waals surface area contributed by atoms with Crippen LogP contribution >= 0.6 is 0 Å². The molecule has 0 fully saturated rings.